The molecule has 0 saturated carbocycles. The van der Waals surface area contributed by atoms with E-state index in [0.717, 1.165) is 19.3 Å². The van der Waals surface area contributed by atoms with E-state index in [2.05, 4.69) is 27.7 Å². The third-order valence-electron chi connectivity index (χ3n) is 7.45. The Bertz CT molecular complexity index is 1520. The largest absolute Gasteiger partial charge is 0.495 e. The molecular weight excluding hydrogens is 498 g/mol. The minimum absolute atomic E-state index is 0.00579. The minimum atomic E-state index is -0.422. The fraction of sp³-hybridized carbons (Fsp3) is 0.382. The second-order valence-corrected chi connectivity index (χ2v) is 11.3. The Hall–Kier alpha value is -3.93. The van der Waals surface area contributed by atoms with Crippen molar-refractivity contribution in [1.29, 1.82) is 0 Å². The Morgan fingerprint density at radius 2 is 1.62 bits per heavy atom. The van der Waals surface area contributed by atoms with Gasteiger partial charge in [0.2, 0.25) is 0 Å². The fourth-order valence-electron chi connectivity index (χ4n) is 5.17. The number of methoxy groups -OCH3 is 1. The van der Waals surface area contributed by atoms with Gasteiger partial charge in [-0.25, -0.2) is 4.98 Å². The lowest BCUT2D eigenvalue weighted by Crippen LogP contribution is -2.39. The zero-order valence-electron chi connectivity index (χ0n) is 24.6. The highest BCUT2D eigenvalue weighted by Gasteiger charge is 2.30. The molecule has 0 bridgehead atoms. The van der Waals surface area contributed by atoms with Crippen LogP contribution in [-0.4, -0.2) is 34.0 Å². The lowest BCUT2D eigenvalue weighted by Gasteiger charge is -2.33. The fourth-order valence-corrected chi connectivity index (χ4v) is 5.17. The van der Waals surface area contributed by atoms with E-state index in [9.17, 15) is 9.59 Å². The summed E-state index contributed by atoms with van der Waals surface area (Å²) < 4.78 is 7.30. The summed E-state index contributed by atoms with van der Waals surface area (Å²) in [5, 5.41) is 0.522. The van der Waals surface area contributed by atoms with E-state index < -0.39 is 6.04 Å². The quantitative estimate of drug-likeness (QED) is 0.196. The lowest BCUT2D eigenvalue weighted by molar-refractivity contribution is 0.0655. The number of para-hydroxylation sites is 3. The molecule has 0 aliphatic heterocycles. The van der Waals surface area contributed by atoms with Gasteiger partial charge in [0.15, 0.2) is 0 Å². The normalized spacial score (nSPS) is 12.3. The van der Waals surface area contributed by atoms with Gasteiger partial charge in [0.1, 0.15) is 11.6 Å². The van der Waals surface area contributed by atoms with Crippen LogP contribution in [0.4, 0.5) is 0 Å². The van der Waals surface area contributed by atoms with E-state index in [4.69, 9.17) is 9.72 Å². The van der Waals surface area contributed by atoms with Gasteiger partial charge < -0.3 is 9.64 Å². The maximum absolute atomic E-state index is 14.2. The molecule has 1 unspecified atom stereocenters. The first-order chi connectivity index (χ1) is 19.2. The average molecular weight is 540 g/mol. The van der Waals surface area contributed by atoms with Crippen molar-refractivity contribution in [3.05, 3.63) is 100 Å². The van der Waals surface area contributed by atoms with Gasteiger partial charge in [-0.2, -0.15) is 0 Å². The summed E-state index contributed by atoms with van der Waals surface area (Å²) in [4.78, 5) is 35.2. The van der Waals surface area contributed by atoms with Gasteiger partial charge in [-0.1, -0.05) is 83.9 Å². The molecule has 40 heavy (non-hydrogen) atoms. The van der Waals surface area contributed by atoms with E-state index in [0.29, 0.717) is 46.7 Å². The van der Waals surface area contributed by atoms with Crippen LogP contribution in [0.1, 0.15) is 88.1 Å². The molecule has 0 aliphatic carbocycles. The average Bonchev–Trinajstić information content (AvgIpc) is 2.96. The topological polar surface area (TPSA) is 64.4 Å². The molecule has 0 spiro atoms. The van der Waals surface area contributed by atoms with Gasteiger partial charge in [-0.3, -0.25) is 14.2 Å². The molecule has 0 N–H and O–H groups in total. The predicted octanol–water partition coefficient (Wildman–Crippen LogP) is 7.48. The number of amides is 1. The third kappa shape index (κ3) is 5.96. The number of fused-ring (bicyclic) bond motifs is 1. The van der Waals surface area contributed by atoms with Gasteiger partial charge in [0.05, 0.1) is 29.7 Å². The van der Waals surface area contributed by atoms with Crippen molar-refractivity contribution in [1.82, 2.24) is 14.5 Å². The lowest BCUT2D eigenvalue weighted by atomic mass is 9.86. The first-order valence-corrected chi connectivity index (χ1v) is 14.3. The first kappa shape index (κ1) is 29.1. The Labute approximate surface area is 237 Å². The smallest absolute Gasteiger partial charge is 0.266 e. The number of benzene rings is 3. The van der Waals surface area contributed by atoms with E-state index in [1.165, 1.54) is 5.56 Å². The monoisotopic (exact) mass is 539 g/mol. The maximum Gasteiger partial charge on any atom is 0.266 e. The van der Waals surface area contributed by atoms with Gasteiger partial charge in [-0.15, -0.1) is 0 Å². The SMILES string of the molecule is CCCCCN(C(=O)c1ccc(C(C)(C)C)cc1)C(CC)c1nc2ccccc2c(=O)n1-c1ccccc1OC. The van der Waals surface area contributed by atoms with E-state index >= 15 is 0 Å². The third-order valence-corrected chi connectivity index (χ3v) is 7.45. The number of carbonyl (C=O) groups is 1. The summed E-state index contributed by atoms with van der Waals surface area (Å²) in [6.45, 7) is 11.3. The molecule has 0 radical (unpaired) electrons. The molecule has 4 rings (SSSR count). The standard InChI is InChI=1S/C34H41N3O3/c1-7-9-14-23-36(32(38)24-19-21-25(22-20-24)34(3,4)5)28(8-2)31-35-27-16-11-10-15-26(27)33(39)37(31)29-17-12-13-18-30(29)40-6/h10-13,15-22,28H,7-9,14,23H2,1-6H3. The molecule has 1 atom stereocenters. The van der Waals surface area contributed by atoms with Crippen LogP contribution >= 0.6 is 0 Å². The van der Waals surface area contributed by atoms with Crippen molar-refractivity contribution in [2.45, 2.75) is 71.8 Å². The van der Waals surface area contributed by atoms with E-state index in [1.54, 1.807) is 17.7 Å². The number of ether oxygens (including phenoxy) is 1. The summed E-state index contributed by atoms with van der Waals surface area (Å²) >= 11 is 0. The number of carbonyl (C=O) groups excluding carboxylic acids is 1. The Balaban J connectivity index is 1.91. The molecule has 3 aromatic carbocycles. The van der Waals surface area contributed by atoms with Crippen LogP contribution in [-0.2, 0) is 5.41 Å². The van der Waals surface area contributed by atoms with Crippen molar-refractivity contribution in [3.63, 3.8) is 0 Å². The molecule has 0 aliphatic rings. The van der Waals surface area contributed by atoms with Crippen LogP contribution in [0.5, 0.6) is 5.75 Å². The summed E-state index contributed by atoms with van der Waals surface area (Å²) in [6.07, 6.45) is 3.51. The molecule has 4 aromatic rings. The number of hydrogen-bond donors (Lipinski definition) is 0. The summed E-state index contributed by atoms with van der Waals surface area (Å²) in [5.74, 6) is 1.05. The molecule has 6 nitrogen and oxygen atoms in total. The van der Waals surface area contributed by atoms with Crippen molar-refractivity contribution in [2.24, 2.45) is 0 Å². The Kier molecular flexibility index (Phi) is 9.08. The molecule has 0 fully saturated rings. The molecule has 210 valence electrons. The van der Waals surface area contributed by atoms with Gasteiger partial charge >= 0.3 is 0 Å². The van der Waals surface area contributed by atoms with Crippen molar-refractivity contribution >= 4 is 16.8 Å². The number of aromatic nitrogens is 2. The molecular formula is C34H41N3O3. The highest BCUT2D eigenvalue weighted by atomic mass is 16.5. The zero-order valence-corrected chi connectivity index (χ0v) is 24.6. The number of unbranched alkanes of at least 4 members (excludes halogenated alkanes) is 2. The zero-order chi connectivity index (χ0) is 28.9. The Morgan fingerprint density at radius 1 is 0.950 bits per heavy atom. The highest BCUT2D eigenvalue weighted by molar-refractivity contribution is 5.94. The minimum Gasteiger partial charge on any atom is -0.495 e. The molecule has 1 heterocycles. The van der Waals surface area contributed by atoms with Crippen LogP contribution in [0, 0.1) is 0 Å². The van der Waals surface area contributed by atoms with Crippen LogP contribution in [0.25, 0.3) is 16.6 Å². The summed E-state index contributed by atoms with van der Waals surface area (Å²) in [5.41, 5.74) is 2.84. The van der Waals surface area contributed by atoms with E-state index in [-0.39, 0.29) is 16.9 Å². The second kappa shape index (κ2) is 12.5. The van der Waals surface area contributed by atoms with Crippen LogP contribution in [0.3, 0.4) is 0 Å². The second-order valence-electron chi connectivity index (χ2n) is 11.3. The van der Waals surface area contributed by atoms with Crippen LogP contribution in [0.2, 0.25) is 0 Å². The molecule has 1 amide bonds. The number of hydrogen-bond acceptors (Lipinski definition) is 4. The van der Waals surface area contributed by atoms with Crippen LogP contribution in [0.15, 0.2) is 77.6 Å². The van der Waals surface area contributed by atoms with E-state index in [1.807, 2.05) is 78.6 Å². The molecule has 6 heteroatoms. The van der Waals surface area contributed by atoms with Crippen molar-refractivity contribution < 1.29 is 9.53 Å². The number of nitrogens with zero attached hydrogens (tertiary/aromatic N) is 3. The van der Waals surface area contributed by atoms with Crippen LogP contribution < -0.4 is 10.3 Å². The predicted molar refractivity (Wildman–Crippen MR) is 163 cm³/mol. The molecule has 0 saturated heterocycles. The van der Waals surface area contributed by atoms with Crippen molar-refractivity contribution in [3.8, 4) is 11.4 Å². The molecule has 1 aromatic heterocycles. The highest BCUT2D eigenvalue weighted by Crippen LogP contribution is 2.31. The summed E-state index contributed by atoms with van der Waals surface area (Å²) in [6, 6.07) is 22.3. The summed E-state index contributed by atoms with van der Waals surface area (Å²) in [7, 11) is 1.59. The van der Waals surface area contributed by atoms with Gasteiger partial charge in [0, 0.05) is 12.1 Å². The maximum atomic E-state index is 14.2. The number of rotatable bonds is 10. The Morgan fingerprint density at radius 3 is 2.27 bits per heavy atom. The van der Waals surface area contributed by atoms with Crippen molar-refractivity contribution in [2.75, 3.05) is 13.7 Å². The first-order valence-electron chi connectivity index (χ1n) is 14.3. The van der Waals surface area contributed by atoms with Gasteiger partial charge in [0.25, 0.3) is 11.5 Å². The van der Waals surface area contributed by atoms with Gasteiger partial charge in [-0.05, 0) is 60.2 Å².